The minimum atomic E-state index is -0.400. The average Bonchev–Trinajstić information content (AvgIpc) is 2.70. The fraction of sp³-hybridized carbons (Fsp3) is 0.417. The molecule has 18 heavy (non-hydrogen) atoms. The van der Waals surface area contributed by atoms with Crippen LogP contribution < -0.4 is 0 Å². The first-order chi connectivity index (χ1) is 8.38. The number of ether oxygens (including phenoxy) is 1. The summed E-state index contributed by atoms with van der Waals surface area (Å²) in [4.78, 5) is 15.3. The first-order valence-electron chi connectivity index (χ1n) is 5.54. The molecule has 2 rings (SSSR count). The van der Waals surface area contributed by atoms with E-state index in [1.807, 2.05) is 32.2 Å². The minimum absolute atomic E-state index is 0.274. The Morgan fingerprint density at radius 2 is 2.22 bits per heavy atom. The maximum atomic E-state index is 10.9. The van der Waals surface area contributed by atoms with Gasteiger partial charge in [-0.15, -0.1) is 0 Å². The van der Waals surface area contributed by atoms with E-state index < -0.39 is 5.41 Å². The zero-order valence-corrected chi connectivity index (χ0v) is 12.6. The van der Waals surface area contributed by atoms with Gasteiger partial charge in [0.1, 0.15) is 6.61 Å². The van der Waals surface area contributed by atoms with E-state index in [4.69, 9.17) is 4.74 Å². The first-order valence-corrected chi connectivity index (χ1v) is 6.62. The molecular formula is C12H14IN3O2. The lowest BCUT2D eigenvalue weighted by molar-refractivity contribution is -0.142. The van der Waals surface area contributed by atoms with Crippen LogP contribution in [-0.2, 0) is 14.9 Å². The fourth-order valence-electron chi connectivity index (χ4n) is 1.49. The van der Waals surface area contributed by atoms with Crippen LogP contribution >= 0.6 is 22.6 Å². The number of rotatable bonds is 3. The van der Waals surface area contributed by atoms with Crippen LogP contribution in [0.25, 0.3) is 5.65 Å². The van der Waals surface area contributed by atoms with Gasteiger partial charge in [-0.25, -0.2) is 9.50 Å². The second kappa shape index (κ2) is 4.83. The Balaban J connectivity index is 2.32. The van der Waals surface area contributed by atoms with E-state index in [1.165, 1.54) is 6.92 Å². The van der Waals surface area contributed by atoms with E-state index in [2.05, 4.69) is 32.7 Å². The van der Waals surface area contributed by atoms with Gasteiger partial charge in [0.2, 0.25) is 0 Å². The highest BCUT2D eigenvalue weighted by Gasteiger charge is 2.27. The SMILES string of the molecule is CC(=O)OCC(C)(C)c1nc2ccc(I)cn2n1. The molecule has 0 saturated heterocycles. The standard InChI is InChI=1S/C12H14IN3O2/c1-8(17)18-7-12(2,3)11-14-10-5-4-9(13)6-16(10)15-11/h4-6H,7H2,1-3H3. The smallest absolute Gasteiger partial charge is 0.302 e. The molecule has 0 bridgehead atoms. The van der Waals surface area contributed by atoms with Crippen LogP contribution in [0.1, 0.15) is 26.6 Å². The van der Waals surface area contributed by atoms with Gasteiger partial charge in [0, 0.05) is 16.7 Å². The number of aromatic nitrogens is 3. The van der Waals surface area contributed by atoms with Gasteiger partial charge < -0.3 is 4.74 Å². The number of carbonyl (C=O) groups is 1. The molecule has 0 atom stereocenters. The van der Waals surface area contributed by atoms with Crippen molar-refractivity contribution in [2.75, 3.05) is 6.61 Å². The third-order valence-electron chi connectivity index (χ3n) is 2.54. The number of hydrogen-bond acceptors (Lipinski definition) is 4. The molecule has 0 spiro atoms. The maximum Gasteiger partial charge on any atom is 0.302 e. The molecule has 0 N–H and O–H groups in total. The van der Waals surface area contributed by atoms with Gasteiger partial charge in [0.25, 0.3) is 0 Å². The molecule has 0 radical (unpaired) electrons. The lowest BCUT2D eigenvalue weighted by Gasteiger charge is -2.19. The van der Waals surface area contributed by atoms with Gasteiger partial charge in [-0.05, 0) is 48.6 Å². The van der Waals surface area contributed by atoms with Gasteiger partial charge in [0.15, 0.2) is 11.5 Å². The summed E-state index contributed by atoms with van der Waals surface area (Å²) in [5, 5.41) is 4.43. The molecule has 0 unspecified atom stereocenters. The van der Waals surface area contributed by atoms with Crippen molar-refractivity contribution in [3.63, 3.8) is 0 Å². The predicted molar refractivity (Wildman–Crippen MR) is 75.4 cm³/mol. The summed E-state index contributed by atoms with van der Waals surface area (Å²) < 4.78 is 7.89. The molecule has 2 aromatic heterocycles. The van der Waals surface area contributed by atoms with Crippen molar-refractivity contribution in [2.45, 2.75) is 26.2 Å². The number of fused-ring (bicyclic) bond motifs is 1. The topological polar surface area (TPSA) is 56.5 Å². The highest BCUT2D eigenvalue weighted by molar-refractivity contribution is 14.1. The van der Waals surface area contributed by atoms with Crippen LogP contribution in [0.4, 0.5) is 0 Å². The van der Waals surface area contributed by atoms with Gasteiger partial charge in [0.05, 0.1) is 5.41 Å². The van der Waals surface area contributed by atoms with Crippen molar-refractivity contribution >= 4 is 34.2 Å². The molecule has 2 heterocycles. The Bertz CT molecular complexity index is 592. The van der Waals surface area contributed by atoms with Crippen LogP contribution in [-0.4, -0.2) is 27.2 Å². The summed E-state index contributed by atoms with van der Waals surface area (Å²) in [6.45, 7) is 5.58. The summed E-state index contributed by atoms with van der Waals surface area (Å²) in [6.07, 6.45) is 1.91. The Labute approximate surface area is 119 Å². The van der Waals surface area contributed by atoms with E-state index in [0.29, 0.717) is 5.82 Å². The van der Waals surface area contributed by atoms with Gasteiger partial charge in [-0.1, -0.05) is 0 Å². The third kappa shape index (κ3) is 2.80. The fourth-order valence-corrected chi connectivity index (χ4v) is 1.93. The Morgan fingerprint density at radius 3 is 2.89 bits per heavy atom. The Morgan fingerprint density at radius 1 is 1.50 bits per heavy atom. The third-order valence-corrected chi connectivity index (χ3v) is 3.17. The number of esters is 1. The first kappa shape index (κ1) is 13.3. The molecule has 5 nitrogen and oxygen atoms in total. The second-order valence-electron chi connectivity index (χ2n) is 4.75. The van der Waals surface area contributed by atoms with Crippen LogP contribution in [0.3, 0.4) is 0 Å². The number of halogens is 1. The number of carbonyl (C=O) groups excluding carboxylic acids is 1. The van der Waals surface area contributed by atoms with Crippen LogP contribution in [0.15, 0.2) is 18.3 Å². The molecule has 0 aliphatic carbocycles. The molecule has 0 aliphatic rings. The van der Waals surface area contributed by atoms with Crippen molar-refractivity contribution < 1.29 is 9.53 Å². The zero-order valence-electron chi connectivity index (χ0n) is 10.5. The second-order valence-corrected chi connectivity index (χ2v) is 6.00. The van der Waals surface area contributed by atoms with Crippen molar-refractivity contribution in [1.29, 1.82) is 0 Å². The van der Waals surface area contributed by atoms with Crippen molar-refractivity contribution in [3.8, 4) is 0 Å². The summed E-state index contributed by atoms with van der Waals surface area (Å²) in [6, 6.07) is 3.90. The van der Waals surface area contributed by atoms with E-state index in [0.717, 1.165) is 9.22 Å². The largest absolute Gasteiger partial charge is 0.465 e. The van der Waals surface area contributed by atoms with E-state index in [1.54, 1.807) is 4.52 Å². The summed E-state index contributed by atoms with van der Waals surface area (Å²) in [5.74, 6) is 0.382. The van der Waals surface area contributed by atoms with Gasteiger partial charge >= 0.3 is 5.97 Å². The van der Waals surface area contributed by atoms with E-state index >= 15 is 0 Å². The van der Waals surface area contributed by atoms with Crippen LogP contribution in [0.2, 0.25) is 0 Å². The summed E-state index contributed by atoms with van der Waals surface area (Å²) >= 11 is 2.23. The summed E-state index contributed by atoms with van der Waals surface area (Å²) in [5.41, 5.74) is 0.393. The molecule has 96 valence electrons. The highest BCUT2D eigenvalue weighted by atomic mass is 127. The van der Waals surface area contributed by atoms with Gasteiger partial charge in [-0.3, -0.25) is 4.79 Å². The van der Waals surface area contributed by atoms with Crippen LogP contribution in [0.5, 0.6) is 0 Å². The predicted octanol–water partition coefficient (Wildman–Crippen LogP) is 2.17. The normalized spacial score (nSPS) is 11.8. The van der Waals surface area contributed by atoms with E-state index in [-0.39, 0.29) is 12.6 Å². The molecule has 0 amide bonds. The van der Waals surface area contributed by atoms with Crippen molar-refractivity contribution in [2.24, 2.45) is 0 Å². The molecule has 0 aromatic carbocycles. The zero-order chi connectivity index (χ0) is 13.3. The number of nitrogens with zero attached hydrogens (tertiary/aromatic N) is 3. The highest BCUT2D eigenvalue weighted by Crippen LogP contribution is 2.21. The molecule has 0 saturated carbocycles. The average molecular weight is 359 g/mol. The van der Waals surface area contributed by atoms with Crippen LogP contribution in [0, 0.1) is 3.57 Å². The number of pyridine rings is 1. The van der Waals surface area contributed by atoms with Gasteiger partial charge in [-0.2, -0.15) is 5.10 Å². The molecule has 0 aliphatic heterocycles. The maximum absolute atomic E-state index is 10.9. The van der Waals surface area contributed by atoms with Crippen molar-refractivity contribution in [3.05, 3.63) is 27.7 Å². The molecule has 6 heteroatoms. The Hall–Kier alpha value is -1.18. The summed E-state index contributed by atoms with van der Waals surface area (Å²) in [7, 11) is 0. The lowest BCUT2D eigenvalue weighted by atomic mass is 9.94. The number of hydrogen-bond donors (Lipinski definition) is 0. The lowest BCUT2D eigenvalue weighted by Crippen LogP contribution is -2.27. The molecule has 2 aromatic rings. The minimum Gasteiger partial charge on any atom is -0.465 e. The molecular weight excluding hydrogens is 345 g/mol. The van der Waals surface area contributed by atoms with E-state index in [9.17, 15) is 4.79 Å². The quantitative estimate of drug-likeness (QED) is 0.623. The Kier molecular flexibility index (Phi) is 3.56. The monoisotopic (exact) mass is 359 g/mol. The van der Waals surface area contributed by atoms with Crippen molar-refractivity contribution in [1.82, 2.24) is 14.6 Å². The molecule has 0 fully saturated rings.